The summed E-state index contributed by atoms with van der Waals surface area (Å²) in [5.74, 6) is 0.790. The molecule has 1 aliphatic heterocycles. The van der Waals surface area contributed by atoms with E-state index in [1.807, 2.05) is 43.7 Å². The van der Waals surface area contributed by atoms with Gasteiger partial charge in [-0.3, -0.25) is 9.48 Å². The average Bonchev–Trinajstić information content (AvgIpc) is 3.15. The van der Waals surface area contributed by atoms with E-state index in [0.717, 1.165) is 22.7 Å². The molecule has 1 aliphatic carbocycles. The second kappa shape index (κ2) is 7.99. The van der Waals surface area contributed by atoms with E-state index in [4.69, 9.17) is 11.6 Å². The minimum absolute atomic E-state index is 0. The van der Waals surface area contributed by atoms with Gasteiger partial charge in [0.1, 0.15) is 0 Å². The van der Waals surface area contributed by atoms with Crippen LogP contribution in [0.25, 0.3) is 0 Å². The molecular formula is C19H24Cl2N4O. The fourth-order valence-electron chi connectivity index (χ4n) is 3.77. The zero-order valence-corrected chi connectivity index (χ0v) is 16.3. The molecule has 2 aromatic rings. The average molecular weight is 395 g/mol. The third-order valence-corrected chi connectivity index (χ3v) is 5.58. The second-order valence-corrected chi connectivity index (χ2v) is 7.63. The number of hydrogen-bond acceptors (Lipinski definition) is 3. The molecule has 1 saturated carbocycles. The van der Waals surface area contributed by atoms with Gasteiger partial charge in [-0.15, -0.1) is 12.4 Å². The molecule has 1 unspecified atom stereocenters. The molecule has 5 nitrogen and oxygen atoms in total. The molecule has 4 rings (SSSR count). The fourth-order valence-corrected chi connectivity index (χ4v) is 3.90. The lowest BCUT2D eigenvalue weighted by molar-refractivity contribution is -0.125. The number of nitrogens with one attached hydrogen (secondary N) is 2. The number of halogens is 2. The van der Waals surface area contributed by atoms with E-state index in [-0.39, 0.29) is 36.2 Å². The van der Waals surface area contributed by atoms with Gasteiger partial charge >= 0.3 is 0 Å². The van der Waals surface area contributed by atoms with E-state index in [0.29, 0.717) is 12.5 Å². The van der Waals surface area contributed by atoms with Gasteiger partial charge in [-0.1, -0.05) is 23.7 Å². The van der Waals surface area contributed by atoms with Crippen molar-refractivity contribution < 1.29 is 4.79 Å². The van der Waals surface area contributed by atoms with E-state index in [1.54, 1.807) is 4.68 Å². The zero-order chi connectivity index (χ0) is 17.4. The van der Waals surface area contributed by atoms with E-state index in [1.165, 1.54) is 12.8 Å². The summed E-state index contributed by atoms with van der Waals surface area (Å²) in [7, 11) is 1.91. The summed E-state index contributed by atoms with van der Waals surface area (Å²) >= 11 is 6.01. The lowest BCUT2D eigenvalue weighted by Gasteiger charge is -2.23. The number of carbonyl (C=O) groups excluding carboxylic acids is 1. The molecule has 2 N–H and O–H groups in total. The first-order chi connectivity index (χ1) is 12.1. The van der Waals surface area contributed by atoms with Crippen LogP contribution in [-0.2, 0) is 11.8 Å². The first-order valence-corrected chi connectivity index (χ1v) is 9.24. The van der Waals surface area contributed by atoms with Crippen molar-refractivity contribution in [2.24, 2.45) is 18.9 Å². The standard InChI is InChI=1S/C19H23ClN4O.ClH/c1-24-11-14(8-22-24)16-9-21-10-17(16)19(25)23-18(12-2-3-12)13-4-6-15(20)7-5-13;/h4-8,11-12,16-18,21H,2-3,9-10H2,1H3,(H,23,25);1H/t16-,17+,18?;/m1./s1. The summed E-state index contributed by atoms with van der Waals surface area (Å²) in [5, 5.41) is 11.7. The van der Waals surface area contributed by atoms with Crippen LogP contribution in [0.5, 0.6) is 0 Å². The molecule has 1 amide bonds. The van der Waals surface area contributed by atoms with Gasteiger partial charge in [0, 0.05) is 37.3 Å². The van der Waals surface area contributed by atoms with Crippen LogP contribution in [0.1, 0.15) is 35.9 Å². The molecule has 7 heteroatoms. The summed E-state index contributed by atoms with van der Waals surface area (Å²) < 4.78 is 1.79. The van der Waals surface area contributed by atoms with Crippen LogP contribution in [0.4, 0.5) is 0 Å². The van der Waals surface area contributed by atoms with Gasteiger partial charge in [0.25, 0.3) is 0 Å². The number of benzene rings is 1. The molecule has 1 saturated heterocycles. The molecule has 2 aliphatic rings. The Kier molecular flexibility index (Phi) is 5.90. The molecule has 140 valence electrons. The Morgan fingerprint density at radius 3 is 2.65 bits per heavy atom. The monoisotopic (exact) mass is 394 g/mol. The van der Waals surface area contributed by atoms with Crippen molar-refractivity contribution in [3.8, 4) is 0 Å². The number of rotatable bonds is 5. The summed E-state index contributed by atoms with van der Waals surface area (Å²) in [5.41, 5.74) is 2.27. The molecule has 26 heavy (non-hydrogen) atoms. The highest BCUT2D eigenvalue weighted by Crippen LogP contribution is 2.41. The first-order valence-electron chi connectivity index (χ1n) is 8.87. The maximum absolute atomic E-state index is 13.0. The Labute approximate surface area is 164 Å². The number of nitrogens with zero attached hydrogens (tertiary/aromatic N) is 2. The maximum Gasteiger partial charge on any atom is 0.225 e. The first kappa shape index (κ1) is 19.2. The lowest BCUT2D eigenvalue weighted by atomic mass is 9.89. The summed E-state index contributed by atoms with van der Waals surface area (Å²) in [6.07, 6.45) is 6.22. The third-order valence-electron chi connectivity index (χ3n) is 5.32. The highest BCUT2D eigenvalue weighted by Gasteiger charge is 2.39. The Morgan fingerprint density at radius 1 is 1.31 bits per heavy atom. The Hall–Kier alpha value is -1.56. The van der Waals surface area contributed by atoms with Crippen LogP contribution in [0, 0.1) is 11.8 Å². The highest BCUT2D eigenvalue weighted by molar-refractivity contribution is 6.30. The normalized spacial score (nSPS) is 23.3. The minimum atomic E-state index is -0.0576. The van der Waals surface area contributed by atoms with Crippen LogP contribution in [0.15, 0.2) is 36.7 Å². The molecule has 1 aromatic carbocycles. The van der Waals surface area contributed by atoms with Crippen molar-refractivity contribution in [1.82, 2.24) is 20.4 Å². The van der Waals surface area contributed by atoms with E-state index in [2.05, 4.69) is 15.7 Å². The number of hydrogen-bond donors (Lipinski definition) is 2. The smallest absolute Gasteiger partial charge is 0.225 e. The molecule has 0 bridgehead atoms. The maximum atomic E-state index is 13.0. The van der Waals surface area contributed by atoms with Gasteiger partial charge in [0.2, 0.25) is 5.91 Å². The number of carbonyl (C=O) groups is 1. The molecular weight excluding hydrogens is 371 g/mol. The number of amides is 1. The van der Waals surface area contributed by atoms with Crippen molar-refractivity contribution in [3.63, 3.8) is 0 Å². The van der Waals surface area contributed by atoms with Crippen molar-refractivity contribution >= 4 is 29.9 Å². The van der Waals surface area contributed by atoms with Crippen LogP contribution in [-0.4, -0.2) is 28.8 Å². The van der Waals surface area contributed by atoms with Crippen molar-refractivity contribution in [2.75, 3.05) is 13.1 Å². The summed E-state index contributed by atoms with van der Waals surface area (Å²) in [6, 6.07) is 7.93. The zero-order valence-electron chi connectivity index (χ0n) is 14.7. The summed E-state index contributed by atoms with van der Waals surface area (Å²) in [4.78, 5) is 13.0. The van der Waals surface area contributed by atoms with Crippen molar-refractivity contribution in [2.45, 2.75) is 24.8 Å². The fraction of sp³-hybridized carbons (Fsp3) is 0.474. The van der Waals surface area contributed by atoms with Crippen LogP contribution < -0.4 is 10.6 Å². The highest BCUT2D eigenvalue weighted by atomic mass is 35.5. The minimum Gasteiger partial charge on any atom is -0.349 e. The van der Waals surface area contributed by atoms with Crippen LogP contribution in [0.2, 0.25) is 5.02 Å². The molecule has 2 heterocycles. The van der Waals surface area contributed by atoms with Gasteiger partial charge in [-0.25, -0.2) is 0 Å². The Balaban J connectivity index is 0.00000196. The Morgan fingerprint density at radius 2 is 2.04 bits per heavy atom. The third kappa shape index (κ3) is 4.05. The van der Waals surface area contributed by atoms with Gasteiger partial charge < -0.3 is 10.6 Å². The lowest BCUT2D eigenvalue weighted by Crippen LogP contribution is -2.37. The predicted octanol–water partition coefficient (Wildman–Crippen LogP) is 3.07. The van der Waals surface area contributed by atoms with Gasteiger partial charge in [-0.2, -0.15) is 5.10 Å². The molecule has 2 fully saturated rings. The van der Waals surface area contributed by atoms with Crippen molar-refractivity contribution in [3.05, 3.63) is 52.8 Å². The number of aromatic nitrogens is 2. The van der Waals surface area contributed by atoms with Crippen LogP contribution >= 0.6 is 24.0 Å². The Bertz CT molecular complexity index is 757. The number of aryl methyl sites for hydroxylation is 1. The van der Waals surface area contributed by atoms with E-state index < -0.39 is 0 Å². The van der Waals surface area contributed by atoms with Crippen LogP contribution in [0.3, 0.4) is 0 Å². The topological polar surface area (TPSA) is 59.0 Å². The van der Waals surface area contributed by atoms with Gasteiger partial charge in [0.05, 0.1) is 18.2 Å². The second-order valence-electron chi connectivity index (χ2n) is 7.19. The SMILES string of the molecule is Cl.Cn1cc([C@H]2CNC[C@@H]2C(=O)NC(c2ccc(Cl)cc2)C2CC2)cn1. The van der Waals surface area contributed by atoms with E-state index in [9.17, 15) is 4.79 Å². The molecule has 0 radical (unpaired) electrons. The summed E-state index contributed by atoms with van der Waals surface area (Å²) in [6.45, 7) is 1.53. The predicted molar refractivity (Wildman–Crippen MR) is 105 cm³/mol. The van der Waals surface area contributed by atoms with Crippen molar-refractivity contribution in [1.29, 1.82) is 0 Å². The quantitative estimate of drug-likeness (QED) is 0.818. The van der Waals surface area contributed by atoms with Gasteiger partial charge in [0.15, 0.2) is 0 Å². The van der Waals surface area contributed by atoms with E-state index >= 15 is 0 Å². The molecule has 1 aromatic heterocycles. The van der Waals surface area contributed by atoms with Gasteiger partial charge in [-0.05, 0) is 42.0 Å². The largest absolute Gasteiger partial charge is 0.349 e. The molecule has 3 atom stereocenters. The molecule has 0 spiro atoms.